The molecule has 0 aromatic heterocycles. The summed E-state index contributed by atoms with van der Waals surface area (Å²) < 4.78 is 14.6. The number of allylic oxidation sites excluding steroid dienone is 1. The van der Waals surface area contributed by atoms with Crippen molar-refractivity contribution in [3.05, 3.63) is 82.7 Å². The second-order valence-electron chi connectivity index (χ2n) is 18.7. The Bertz CT molecular complexity index is 1810. The van der Waals surface area contributed by atoms with E-state index < -0.39 is 28.7 Å². The monoisotopic (exact) mass is 726 g/mol. The van der Waals surface area contributed by atoms with Gasteiger partial charge >= 0.3 is 5.97 Å². The van der Waals surface area contributed by atoms with Gasteiger partial charge < -0.3 is 20.8 Å². The van der Waals surface area contributed by atoms with E-state index in [-0.39, 0.29) is 46.3 Å². The molecule has 0 aliphatic heterocycles. The molecule has 2 aromatic rings. The van der Waals surface area contributed by atoms with Crippen LogP contribution in [0.5, 0.6) is 0 Å². The van der Waals surface area contributed by atoms with Crippen molar-refractivity contribution in [2.75, 3.05) is 0 Å². The number of carboxylic acids is 1. The average Bonchev–Trinajstić information content (AvgIpc) is 3.53. The van der Waals surface area contributed by atoms with Crippen LogP contribution in [0.3, 0.4) is 0 Å². The van der Waals surface area contributed by atoms with Crippen molar-refractivity contribution in [1.82, 2.24) is 10.6 Å². The first-order valence-corrected chi connectivity index (χ1v) is 20.0. The minimum absolute atomic E-state index is 0.0692. The van der Waals surface area contributed by atoms with E-state index in [0.29, 0.717) is 41.7 Å². The summed E-state index contributed by atoms with van der Waals surface area (Å²) >= 11 is 0. The first kappa shape index (κ1) is 37.8. The molecule has 5 aliphatic rings. The number of aliphatic hydroxyl groups is 1. The lowest BCUT2D eigenvalue weighted by atomic mass is 9.36. The molecule has 2 aromatic carbocycles. The lowest BCUT2D eigenvalue weighted by molar-refractivity contribution is -0.216. The third kappa shape index (κ3) is 6.06. The van der Waals surface area contributed by atoms with Crippen LogP contribution in [0.1, 0.15) is 131 Å². The third-order valence-corrected chi connectivity index (χ3v) is 16.0. The van der Waals surface area contributed by atoms with Crippen LogP contribution in [-0.4, -0.2) is 34.1 Å². The molecule has 0 saturated heterocycles. The number of benzene rings is 2. The zero-order valence-corrected chi connectivity index (χ0v) is 32.3. The lowest BCUT2D eigenvalue weighted by Crippen LogP contribution is -2.64. The number of amides is 2. The standard InChI is InChI=1S/C45H59FN2O5/c1-26(2)30-15-21-45(41(53)48-24-27-9-7-10-28(23-27)39(50)47-25-29-11-8-12-32(38(29)46)40(51)52)22-16-33-31(37(30)45)13-14-35-43(33,5)19-17-34-42(3,4)36(49)18-20-44(34,35)6/h7-12,23,30-31,33-37,49H,1,13-22,24-25H2,2-6H3,(H,47,50)(H,48,53)(H,51,52). The van der Waals surface area contributed by atoms with Gasteiger partial charge in [-0.1, -0.05) is 64.1 Å². The Kier molecular flexibility index (Phi) is 9.73. The molecule has 53 heavy (non-hydrogen) atoms. The Morgan fingerprint density at radius 3 is 2.30 bits per heavy atom. The van der Waals surface area contributed by atoms with Gasteiger partial charge in [-0.25, -0.2) is 9.18 Å². The van der Waals surface area contributed by atoms with Crippen LogP contribution in [0.15, 0.2) is 54.6 Å². The highest BCUT2D eigenvalue weighted by atomic mass is 19.1. The molecule has 10 unspecified atom stereocenters. The fourth-order valence-corrected chi connectivity index (χ4v) is 13.5. The first-order valence-electron chi connectivity index (χ1n) is 20.0. The molecule has 4 N–H and O–H groups in total. The largest absolute Gasteiger partial charge is 0.478 e. The summed E-state index contributed by atoms with van der Waals surface area (Å²) in [6, 6.07) is 11.2. The quantitative estimate of drug-likeness (QED) is 0.203. The van der Waals surface area contributed by atoms with Gasteiger partial charge in [0.15, 0.2) is 0 Å². The normalized spacial score (nSPS) is 36.9. The molecule has 5 aliphatic carbocycles. The highest BCUT2D eigenvalue weighted by molar-refractivity contribution is 5.94. The molecule has 2 amide bonds. The SMILES string of the molecule is C=C(C)C1CCC2(C(=O)NCc3cccc(C(=O)NCc4cccc(C(=O)O)c4F)c3)CCC3C(CCC4C3(C)CCC3C(C)(C)C(O)CCC34C)C12. The second-order valence-corrected chi connectivity index (χ2v) is 18.7. The van der Waals surface area contributed by atoms with E-state index in [1.165, 1.54) is 43.0 Å². The second kappa shape index (κ2) is 13.6. The number of carbonyl (C=O) groups is 3. The van der Waals surface area contributed by atoms with Crippen molar-refractivity contribution in [3.8, 4) is 0 Å². The van der Waals surface area contributed by atoms with Crippen LogP contribution in [0, 0.1) is 63.0 Å². The Morgan fingerprint density at radius 2 is 1.57 bits per heavy atom. The maximum Gasteiger partial charge on any atom is 0.338 e. The van der Waals surface area contributed by atoms with Crippen LogP contribution < -0.4 is 10.6 Å². The van der Waals surface area contributed by atoms with Crippen molar-refractivity contribution in [3.63, 3.8) is 0 Å². The van der Waals surface area contributed by atoms with Gasteiger partial charge in [-0.05, 0) is 147 Å². The number of aliphatic hydroxyl groups excluding tert-OH is 1. The zero-order chi connectivity index (χ0) is 38.1. The maximum absolute atomic E-state index is 14.6. The Morgan fingerprint density at radius 1 is 0.849 bits per heavy atom. The highest BCUT2D eigenvalue weighted by Gasteiger charge is 2.68. The predicted molar refractivity (Wildman–Crippen MR) is 203 cm³/mol. The van der Waals surface area contributed by atoms with Crippen LogP contribution in [0.2, 0.25) is 0 Å². The molecule has 0 heterocycles. The van der Waals surface area contributed by atoms with Gasteiger partial charge in [-0.2, -0.15) is 0 Å². The van der Waals surface area contributed by atoms with Gasteiger partial charge in [0.1, 0.15) is 5.82 Å². The molecule has 7 rings (SSSR count). The van der Waals surface area contributed by atoms with Crippen molar-refractivity contribution in [1.29, 1.82) is 0 Å². The number of fused-ring (bicyclic) bond motifs is 7. The molecule has 0 bridgehead atoms. The molecule has 7 nitrogen and oxygen atoms in total. The molecular weight excluding hydrogens is 668 g/mol. The summed E-state index contributed by atoms with van der Waals surface area (Å²) in [6.07, 6.45) is 10.3. The molecule has 5 saturated carbocycles. The number of aromatic carboxylic acids is 1. The summed E-state index contributed by atoms with van der Waals surface area (Å²) in [4.78, 5) is 39.0. The van der Waals surface area contributed by atoms with Crippen LogP contribution in [0.25, 0.3) is 0 Å². The molecule has 8 heteroatoms. The Labute approximate surface area is 314 Å². The van der Waals surface area contributed by atoms with E-state index in [4.69, 9.17) is 0 Å². The summed E-state index contributed by atoms with van der Waals surface area (Å²) in [5.74, 6) is 0.315. The number of rotatable bonds is 8. The number of carboxylic acid groups (broad SMARTS) is 1. The van der Waals surface area contributed by atoms with Gasteiger partial charge in [-0.3, -0.25) is 9.59 Å². The number of nitrogens with one attached hydrogen (secondary N) is 2. The minimum Gasteiger partial charge on any atom is -0.478 e. The van der Waals surface area contributed by atoms with E-state index in [1.54, 1.807) is 18.2 Å². The van der Waals surface area contributed by atoms with Crippen molar-refractivity contribution >= 4 is 17.8 Å². The van der Waals surface area contributed by atoms with Crippen molar-refractivity contribution in [2.45, 2.75) is 118 Å². The number of hydrogen-bond donors (Lipinski definition) is 4. The zero-order valence-electron chi connectivity index (χ0n) is 32.3. The molecule has 0 spiro atoms. The van der Waals surface area contributed by atoms with Crippen LogP contribution in [0.4, 0.5) is 4.39 Å². The minimum atomic E-state index is -1.36. The third-order valence-electron chi connectivity index (χ3n) is 16.0. The van der Waals surface area contributed by atoms with E-state index in [1.807, 2.05) is 6.07 Å². The Balaban J connectivity index is 1.06. The van der Waals surface area contributed by atoms with Gasteiger partial charge in [-0.15, -0.1) is 0 Å². The molecular formula is C45H59FN2O5. The first-order chi connectivity index (χ1) is 25.0. The van der Waals surface area contributed by atoms with Crippen LogP contribution >= 0.6 is 0 Å². The number of hydrogen-bond acceptors (Lipinski definition) is 4. The van der Waals surface area contributed by atoms with Gasteiger partial charge in [0.25, 0.3) is 5.91 Å². The fourth-order valence-electron chi connectivity index (χ4n) is 13.5. The van der Waals surface area contributed by atoms with Crippen LogP contribution in [-0.2, 0) is 17.9 Å². The summed E-state index contributed by atoms with van der Waals surface area (Å²) in [6.45, 7) is 16.5. The number of carbonyl (C=O) groups excluding carboxylic acids is 2. The van der Waals surface area contributed by atoms with E-state index in [0.717, 1.165) is 50.5 Å². The van der Waals surface area contributed by atoms with Gasteiger partial charge in [0, 0.05) is 24.2 Å². The van der Waals surface area contributed by atoms with Gasteiger partial charge in [0.2, 0.25) is 5.91 Å². The smallest absolute Gasteiger partial charge is 0.338 e. The molecule has 5 fully saturated rings. The fraction of sp³-hybridized carbons (Fsp3) is 0.622. The van der Waals surface area contributed by atoms with Gasteiger partial charge in [0.05, 0.1) is 17.1 Å². The molecule has 0 radical (unpaired) electrons. The average molecular weight is 727 g/mol. The van der Waals surface area contributed by atoms with Crippen molar-refractivity contribution < 1.29 is 29.0 Å². The summed E-state index contributed by atoms with van der Waals surface area (Å²) in [5.41, 5.74) is 1.99. The van der Waals surface area contributed by atoms with Crippen molar-refractivity contribution in [2.24, 2.45) is 57.2 Å². The topological polar surface area (TPSA) is 116 Å². The Hall–Kier alpha value is -3.52. The lowest BCUT2D eigenvalue weighted by Gasteiger charge is -2.69. The molecule has 286 valence electrons. The highest BCUT2D eigenvalue weighted by Crippen LogP contribution is 2.73. The van der Waals surface area contributed by atoms with E-state index >= 15 is 0 Å². The maximum atomic E-state index is 14.6. The summed E-state index contributed by atoms with van der Waals surface area (Å²) in [5, 5.41) is 26.3. The molecule has 10 atom stereocenters. The summed E-state index contributed by atoms with van der Waals surface area (Å²) in [7, 11) is 0. The van der Waals surface area contributed by atoms with E-state index in [9.17, 15) is 29.0 Å². The number of halogens is 1. The van der Waals surface area contributed by atoms with E-state index in [2.05, 4.69) is 51.8 Å². The predicted octanol–water partition coefficient (Wildman–Crippen LogP) is 8.70.